The minimum Gasteiger partial charge on any atom is -0.726 e. The smallest absolute Gasteiger partial charge is 0.726 e. The molecule has 18 heteroatoms. The first-order chi connectivity index (χ1) is 14.0. The number of benzene rings is 2. The molecular weight excluding hydrogens is 512 g/mol. The van der Waals surface area contributed by atoms with Gasteiger partial charge in [-0.1, -0.05) is 0 Å². The predicted molar refractivity (Wildman–Crippen MR) is 98.9 cm³/mol. The van der Waals surface area contributed by atoms with Crippen molar-refractivity contribution >= 4 is 49.3 Å². The topological polar surface area (TPSA) is 213 Å². The van der Waals surface area contributed by atoms with Gasteiger partial charge in [0.1, 0.15) is 17.1 Å². The minimum absolute atomic E-state index is 0. The van der Waals surface area contributed by atoms with Crippen molar-refractivity contribution in [3.63, 3.8) is 0 Å². The number of anilines is 1. The van der Waals surface area contributed by atoms with Crippen molar-refractivity contribution in [1.29, 1.82) is 0 Å². The summed E-state index contributed by atoms with van der Waals surface area (Å²) in [5.41, 5.74) is 5.93. The monoisotopic (exact) mass is 525 g/mol. The number of nitrogens with two attached hydrogens (primary N) is 1. The summed E-state index contributed by atoms with van der Waals surface area (Å²) in [5.74, 6) is -1.06. The third kappa shape index (κ3) is 10.3. The first-order valence-electron chi connectivity index (χ1n) is 7.62. The van der Waals surface area contributed by atoms with Crippen LogP contribution in [0.15, 0.2) is 56.4 Å². The first kappa shape index (κ1) is 31.7. The van der Waals surface area contributed by atoms with Crippen molar-refractivity contribution in [1.82, 2.24) is 0 Å². The maximum atomic E-state index is 12.3. The van der Waals surface area contributed by atoms with Gasteiger partial charge in [-0.2, -0.15) is 4.33 Å². The average molecular weight is 525 g/mol. The predicted octanol–water partition coefficient (Wildman–Crippen LogP) is -5.12. The first-order valence-corrected chi connectivity index (χ1v) is 11.3. The molecule has 0 amide bonds. The summed E-state index contributed by atoms with van der Waals surface area (Å²) in [4.78, 5) is -0.316. The molecule has 0 atom stereocenters. The Morgan fingerprint density at radius 1 is 1.03 bits per heavy atom. The van der Waals surface area contributed by atoms with E-state index in [0.717, 1.165) is 12.1 Å². The van der Waals surface area contributed by atoms with Crippen LogP contribution in [0.2, 0.25) is 0 Å². The van der Waals surface area contributed by atoms with Gasteiger partial charge in [-0.25, -0.2) is 16.8 Å². The number of sulfone groups is 1. The molecule has 0 radical (unpaired) electrons. The van der Waals surface area contributed by atoms with E-state index in [-0.39, 0.29) is 86.0 Å². The molecule has 0 unspecified atom stereocenters. The molecule has 32 heavy (non-hydrogen) atoms. The summed E-state index contributed by atoms with van der Waals surface area (Å²) >= 11 is 0.335. The Bertz CT molecular complexity index is 1150. The van der Waals surface area contributed by atoms with Crippen LogP contribution in [0, 0.1) is 0 Å². The number of azo groups is 1. The number of hydrogen-bond acceptors (Lipinski definition) is 14. The van der Waals surface area contributed by atoms with Crippen LogP contribution in [0.25, 0.3) is 0 Å². The van der Waals surface area contributed by atoms with Crippen LogP contribution in [0.4, 0.5) is 17.1 Å². The number of nitrogens with zero attached hydrogens (tertiary/aromatic N) is 2. The number of rotatable bonds is 10. The third-order valence-electron chi connectivity index (χ3n) is 3.29. The second-order valence-corrected chi connectivity index (χ2v) is 9.25. The largest absolute Gasteiger partial charge is 1.00 e. The molecule has 0 aliphatic rings. The molecule has 0 heterocycles. The summed E-state index contributed by atoms with van der Waals surface area (Å²) in [6.07, 6.45) is 0. The molecule has 2 aromatic rings. The SMILES string of the molecule is Nc1ccc(N=Nc2ccc(S(=O)(=O)CCOS(=O)(=O)[O-])cc2SOO[O-])c(O)c1.[Na+].[Na+]. The molecule has 0 fully saturated rings. The molecule has 13 nitrogen and oxygen atoms in total. The number of aromatic hydroxyl groups is 1. The molecular formula is C14H13N3Na2O10S3. The number of phenolic OH excluding ortho intramolecular Hbond substituents is 1. The van der Waals surface area contributed by atoms with Crippen LogP contribution in [0.1, 0.15) is 0 Å². The second kappa shape index (κ2) is 14.2. The Morgan fingerprint density at radius 2 is 1.66 bits per heavy atom. The van der Waals surface area contributed by atoms with Gasteiger partial charge in [0.2, 0.25) is 10.4 Å². The van der Waals surface area contributed by atoms with Crippen molar-refractivity contribution in [2.75, 3.05) is 18.1 Å². The van der Waals surface area contributed by atoms with Gasteiger partial charge < -0.3 is 20.7 Å². The molecule has 0 bridgehead atoms. The summed E-state index contributed by atoms with van der Waals surface area (Å²) in [5, 5.41) is 30.8. The molecule has 0 saturated carbocycles. The van der Waals surface area contributed by atoms with Gasteiger partial charge in [0, 0.05) is 11.8 Å². The molecule has 164 valence electrons. The maximum Gasteiger partial charge on any atom is 1.00 e. The van der Waals surface area contributed by atoms with Gasteiger partial charge >= 0.3 is 59.1 Å². The van der Waals surface area contributed by atoms with Crippen LogP contribution in [0.5, 0.6) is 5.75 Å². The Morgan fingerprint density at radius 3 is 2.25 bits per heavy atom. The van der Waals surface area contributed by atoms with E-state index in [4.69, 9.17) is 5.73 Å². The third-order valence-corrected chi connectivity index (χ3v) is 6.05. The molecule has 0 aliphatic heterocycles. The van der Waals surface area contributed by atoms with Gasteiger partial charge in [0.15, 0.2) is 9.84 Å². The molecule has 0 spiro atoms. The van der Waals surface area contributed by atoms with E-state index in [1.54, 1.807) is 0 Å². The van der Waals surface area contributed by atoms with Crippen molar-refractivity contribution in [3.8, 4) is 5.75 Å². The summed E-state index contributed by atoms with van der Waals surface area (Å²) in [6.45, 7) is -0.880. The molecule has 2 rings (SSSR count). The molecule has 0 saturated heterocycles. The van der Waals surface area contributed by atoms with Crippen LogP contribution in [-0.2, 0) is 33.8 Å². The molecule has 3 N–H and O–H groups in total. The van der Waals surface area contributed by atoms with Gasteiger partial charge in [0.25, 0.3) is 0 Å². The number of nitrogen functional groups attached to an aromatic ring is 1. The molecule has 0 aliphatic carbocycles. The summed E-state index contributed by atoms with van der Waals surface area (Å²) in [7, 11) is -9.11. The second-order valence-electron chi connectivity index (χ2n) is 5.35. The Balaban J connectivity index is 0.00000480. The van der Waals surface area contributed by atoms with Crippen LogP contribution in [-0.4, -0.2) is 38.9 Å². The van der Waals surface area contributed by atoms with Crippen LogP contribution < -0.4 is 70.1 Å². The van der Waals surface area contributed by atoms with Gasteiger partial charge in [-0.3, -0.25) is 9.22 Å². The minimum atomic E-state index is -5.04. The zero-order chi connectivity index (χ0) is 22.4. The van der Waals surface area contributed by atoms with Crippen molar-refractivity contribution in [2.45, 2.75) is 9.79 Å². The quantitative estimate of drug-likeness (QED) is 0.0436. The van der Waals surface area contributed by atoms with Crippen molar-refractivity contribution in [3.05, 3.63) is 36.4 Å². The number of phenols is 1. The van der Waals surface area contributed by atoms with E-state index in [1.165, 1.54) is 24.3 Å². The average Bonchev–Trinajstić information content (AvgIpc) is 2.64. The van der Waals surface area contributed by atoms with Crippen LogP contribution in [0.3, 0.4) is 0 Å². The molecule has 2 aromatic carbocycles. The fourth-order valence-electron chi connectivity index (χ4n) is 1.98. The zero-order valence-corrected chi connectivity index (χ0v) is 23.1. The maximum absolute atomic E-state index is 12.3. The summed E-state index contributed by atoms with van der Waals surface area (Å²) in [6, 6.07) is 7.51. The molecule has 0 aromatic heterocycles. The van der Waals surface area contributed by atoms with E-state index < -0.39 is 32.6 Å². The Labute approximate surface area is 231 Å². The van der Waals surface area contributed by atoms with Gasteiger partial charge in [-0.05, 0) is 30.3 Å². The van der Waals surface area contributed by atoms with E-state index in [0.29, 0.717) is 17.7 Å². The number of hydrogen-bond donors (Lipinski definition) is 2. The normalized spacial score (nSPS) is 11.7. The Hall–Kier alpha value is -0.310. The van der Waals surface area contributed by atoms with E-state index >= 15 is 0 Å². The van der Waals surface area contributed by atoms with Crippen molar-refractivity contribution < 1.29 is 104 Å². The zero-order valence-electron chi connectivity index (χ0n) is 16.7. The summed E-state index contributed by atoms with van der Waals surface area (Å²) < 4.78 is 63.9. The van der Waals surface area contributed by atoms with Gasteiger partial charge in [-0.15, -0.1) is 10.2 Å². The van der Waals surface area contributed by atoms with Gasteiger partial charge in [0.05, 0.1) is 34.2 Å². The van der Waals surface area contributed by atoms with E-state index in [1.807, 2.05) is 0 Å². The van der Waals surface area contributed by atoms with E-state index in [9.17, 15) is 31.8 Å². The fourth-order valence-corrected chi connectivity index (χ4v) is 4.03. The standard InChI is InChI=1S/C14H15N3O10S3.2Na/c15-9-1-3-11(13(18)7-9)16-17-12-4-2-10(8-14(12)28-27-26-19)29(20,21)6-5-25-30(22,23)24;;/h1-4,7-8,18-19H,5-6,15H2,(H,22,23,24);;/q;2*+1/p-2. The van der Waals surface area contributed by atoms with Crippen LogP contribution >= 0.6 is 12.0 Å². The fraction of sp³-hybridized carbons (Fsp3) is 0.143. The van der Waals surface area contributed by atoms with Crippen molar-refractivity contribution in [2.24, 2.45) is 10.2 Å². The van der Waals surface area contributed by atoms with E-state index in [2.05, 4.69) is 23.8 Å². The Kier molecular flexibility index (Phi) is 14.0.